The van der Waals surface area contributed by atoms with Gasteiger partial charge in [0.2, 0.25) is 20.0 Å². The van der Waals surface area contributed by atoms with Crippen molar-refractivity contribution < 1.29 is 36.3 Å². The van der Waals surface area contributed by atoms with Gasteiger partial charge in [0, 0.05) is 93.2 Å². The molecule has 2 amide bonds. The molecule has 21 nitrogen and oxygen atoms in total. The second kappa shape index (κ2) is 22.0. The zero-order chi connectivity index (χ0) is 52.6. The van der Waals surface area contributed by atoms with E-state index in [0.717, 1.165) is 145 Å². The highest BCUT2D eigenvalue weighted by molar-refractivity contribution is 7.92. The zero-order valence-corrected chi connectivity index (χ0v) is 45.0. The topological polar surface area (TPSA) is 233 Å². The molecule has 0 unspecified atom stereocenters. The van der Waals surface area contributed by atoms with Crippen LogP contribution in [0.1, 0.15) is 107 Å². The number of aliphatic hydroxyl groups is 1. The van der Waals surface area contributed by atoms with E-state index in [0.29, 0.717) is 46.6 Å². The fraction of sp³-hybridized carbons (Fsp3) is 0.480. The number of hydrogen-bond donors (Lipinski definition) is 3. The van der Waals surface area contributed by atoms with Gasteiger partial charge in [-0.05, 0) is 87.8 Å². The van der Waals surface area contributed by atoms with E-state index in [-0.39, 0.29) is 53.0 Å². The molecule has 0 saturated carbocycles. The number of nitrogens with one attached hydrogen (secondary N) is 2. The molecular formula is C50H61Cl2N13O8S2. The summed E-state index contributed by atoms with van der Waals surface area (Å²) in [6.45, 7) is 8.62. The first kappa shape index (κ1) is 52.6. The molecule has 0 aliphatic carbocycles. The highest BCUT2D eigenvalue weighted by Gasteiger charge is 2.35. The maximum atomic E-state index is 13.9. The van der Waals surface area contributed by atoms with E-state index >= 15 is 0 Å². The third-order valence-corrected chi connectivity index (χ3v) is 15.9. The number of fused-ring (bicyclic) bond motifs is 2. The lowest BCUT2D eigenvalue weighted by molar-refractivity contribution is 0.0333. The number of ether oxygens (including phenoxy) is 1. The Labute approximate surface area is 445 Å². The van der Waals surface area contributed by atoms with Crippen LogP contribution in [0.15, 0.2) is 60.7 Å². The number of rotatable bonds is 13. The third kappa shape index (κ3) is 11.9. The normalized spacial score (nSPS) is 19.6. The summed E-state index contributed by atoms with van der Waals surface area (Å²) < 4.78 is 61.7. The number of morpholine rings is 1. The lowest BCUT2D eigenvalue weighted by Crippen LogP contribution is -2.39. The number of halogens is 2. The van der Waals surface area contributed by atoms with Crippen LogP contribution in [-0.4, -0.2) is 156 Å². The van der Waals surface area contributed by atoms with Gasteiger partial charge in [0.1, 0.15) is 11.6 Å². The van der Waals surface area contributed by atoms with Crippen LogP contribution >= 0.6 is 23.2 Å². The molecule has 5 aliphatic heterocycles. The molecule has 75 heavy (non-hydrogen) atoms. The van der Waals surface area contributed by atoms with Crippen LogP contribution in [0, 0.1) is 0 Å². The number of aliphatic hydroxyl groups excluding tert-OH is 1. The molecule has 3 N–H and O–H groups in total. The van der Waals surface area contributed by atoms with Crippen LogP contribution in [0.3, 0.4) is 0 Å². The zero-order valence-electron chi connectivity index (χ0n) is 41.9. The maximum Gasteiger partial charge on any atom is 0.256 e. The van der Waals surface area contributed by atoms with Crippen molar-refractivity contribution in [2.45, 2.75) is 76.6 Å². The summed E-state index contributed by atoms with van der Waals surface area (Å²) in [4.78, 5) is 47.6. The van der Waals surface area contributed by atoms with Crippen molar-refractivity contribution in [2.24, 2.45) is 0 Å². The van der Waals surface area contributed by atoms with E-state index in [2.05, 4.69) is 30.2 Å². The summed E-state index contributed by atoms with van der Waals surface area (Å²) >= 11 is 12.4. The summed E-state index contributed by atoms with van der Waals surface area (Å²) in [5.74, 6) is 1.17. The van der Waals surface area contributed by atoms with Crippen LogP contribution in [-0.2, 0) is 37.9 Å². The minimum absolute atomic E-state index is 0.183. The minimum atomic E-state index is -3.59. The van der Waals surface area contributed by atoms with Gasteiger partial charge in [-0.25, -0.2) is 35.8 Å². The van der Waals surface area contributed by atoms with E-state index in [4.69, 9.17) is 48.1 Å². The van der Waals surface area contributed by atoms with Crippen LogP contribution < -0.4 is 19.2 Å². The average Bonchev–Trinajstić information content (AvgIpc) is 3.99. The summed E-state index contributed by atoms with van der Waals surface area (Å²) in [6.07, 6.45) is 9.39. The van der Waals surface area contributed by atoms with Crippen molar-refractivity contribution in [2.75, 3.05) is 97.3 Å². The first-order valence-corrected chi connectivity index (χ1v) is 29.9. The molecule has 5 saturated heterocycles. The number of sulfonamides is 2. The van der Waals surface area contributed by atoms with Crippen molar-refractivity contribution >= 4 is 89.4 Å². The molecule has 0 bridgehead atoms. The number of hydrogen-bond acceptors (Lipinski definition) is 15. The summed E-state index contributed by atoms with van der Waals surface area (Å²) in [7, 11) is -7.18. The molecule has 5 fully saturated rings. The Morgan fingerprint density at radius 1 is 0.613 bits per heavy atom. The quantitative estimate of drug-likeness (QED) is 0.121. The maximum absolute atomic E-state index is 13.9. The second-order valence-corrected chi connectivity index (χ2v) is 24.1. The SMILES string of the molecule is CS(=O)(=O)Nc1ccc(Cl)cc1C(=O)N1CCCC[C@H]1c1cc2nc(N3CCC3)cc(CN3CCOCC3)n2n1.CS(=O)(=O)Nc1ccc(Cl)cc1C(=O)N1CCCC[C@H]1c1cc2nc(N3CCC3)cc(CO)n2n1. The van der Waals surface area contributed by atoms with Gasteiger partial charge in [0.15, 0.2) is 11.3 Å². The Kier molecular flexibility index (Phi) is 15.5. The predicted molar refractivity (Wildman–Crippen MR) is 287 cm³/mol. The van der Waals surface area contributed by atoms with E-state index < -0.39 is 20.0 Å². The average molecular weight is 1110 g/mol. The molecule has 25 heteroatoms. The number of nitrogens with zero attached hydrogens (tertiary/aromatic N) is 11. The van der Waals surface area contributed by atoms with Gasteiger partial charge in [0.25, 0.3) is 11.8 Å². The number of carbonyl (C=O) groups is 2. The molecule has 2 aromatic carbocycles. The fourth-order valence-electron chi connectivity index (χ4n) is 10.3. The van der Waals surface area contributed by atoms with Crippen molar-refractivity contribution in [1.29, 1.82) is 0 Å². The Morgan fingerprint density at radius 3 is 1.49 bits per heavy atom. The summed E-state index contributed by atoms with van der Waals surface area (Å²) in [5, 5.41) is 20.4. The Hall–Kier alpha value is -5.82. The number of anilines is 4. The lowest BCUT2D eigenvalue weighted by atomic mass is 9.98. The predicted octanol–water partition coefficient (Wildman–Crippen LogP) is 5.99. The lowest BCUT2D eigenvalue weighted by Gasteiger charge is -2.35. The van der Waals surface area contributed by atoms with Crippen LogP contribution in [0.25, 0.3) is 11.3 Å². The molecule has 0 spiro atoms. The Morgan fingerprint density at radius 2 is 1.07 bits per heavy atom. The third-order valence-electron chi connectivity index (χ3n) is 14.2. The number of piperidine rings is 2. The van der Waals surface area contributed by atoms with Gasteiger partial charge >= 0.3 is 0 Å². The van der Waals surface area contributed by atoms with Crippen molar-refractivity contribution in [3.8, 4) is 0 Å². The molecule has 11 rings (SSSR count). The van der Waals surface area contributed by atoms with Gasteiger partial charge in [-0.2, -0.15) is 10.2 Å². The molecule has 9 heterocycles. The second-order valence-electron chi connectivity index (χ2n) is 19.8. The van der Waals surface area contributed by atoms with Gasteiger partial charge < -0.3 is 29.4 Å². The summed E-state index contributed by atoms with van der Waals surface area (Å²) in [5.41, 5.74) is 5.35. The van der Waals surface area contributed by atoms with Crippen LogP contribution in [0.4, 0.5) is 23.0 Å². The highest BCUT2D eigenvalue weighted by atomic mass is 35.5. The molecule has 2 atom stereocenters. The minimum Gasteiger partial charge on any atom is -0.390 e. The Bertz CT molecular complexity index is 3350. The van der Waals surface area contributed by atoms with E-state index in [1.807, 2.05) is 22.7 Å². The fourth-order valence-corrected chi connectivity index (χ4v) is 11.8. The molecular weight excluding hydrogens is 1050 g/mol. The highest BCUT2D eigenvalue weighted by Crippen LogP contribution is 2.37. The van der Waals surface area contributed by atoms with E-state index in [1.54, 1.807) is 26.4 Å². The van der Waals surface area contributed by atoms with Gasteiger partial charge in [0.05, 0.1) is 89.7 Å². The van der Waals surface area contributed by atoms with Crippen LogP contribution in [0.2, 0.25) is 10.0 Å². The number of likely N-dealkylation sites (tertiary alicyclic amines) is 2. The van der Waals surface area contributed by atoms with Crippen LogP contribution in [0.5, 0.6) is 0 Å². The molecule has 5 aliphatic rings. The van der Waals surface area contributed by atoms with E-state index in [1.165, 1.54) is 24.3 Å². The molecule has 4 aromatic heterocycles. The Balaban J connectivity index is 0.000000173. The number of aromatic nitrogens is 6. The van der Waals surface area contributed by atoms with Crippen molar-refractivity contribution in [3.63, 3.8) is 0 Å². The van der Waals surface area contributed by atoms with Gasteiger partial charge in [-0.1, -0.05) is 23.2 Å². The standard InChI is InChI=1S/C27H34ClN7O4S.C23H27ClN6O4S/c1-40(37,38)31-22-7-6-19(28)15-21(22)27(36)34-10-3-2-5-24(34)23-17-26-29-25(33-8-4-9-33)16-20(35(26)30-23)18-32-11-13-39-14-12-32;1-35(33,34)27-18-7-6-15(24)11-17(18)23(32)29-10-3-2-5-20(29)19-13-22-25-21(28-8-4-9-28)12-16(14-31)30(22)26-19/h6-7,15-17,24,31H,2-5,8-14,18H2,1H3;6-7,11-13,20,27,31H,2-5,8-10,14H2,1H3/t24-;20-/m00/s1. The molecule has 0 radical (unpaired) electrons. The van der Waals surface area contributed by atoms with E-state index in [9.17, 15) is 31.5 Å². The molecule has 400 valence electrons. The molecule has 6 aromatic rings. The van der Waals surface area contributed by atoms with Crippen molar-refractivity contribution in [1.82, 2.24) is 43.9 Å². The first-order valence-electron chi connectivity index (χ1n) is 25.4. The summed E-state index contributed by atoms with van der Waals surface area (Å²) in [6, 6.07) is 16.4. The number of amides is 2. The monoisotopic (exact) mass is 1110 g/mol. The number of carbonyl (C=O) groups excluding carboxylic acids is 2. The van der Waals surface area contributed by atoms with Gasteiger partial charge in [-0.15, -0.1) is 0 Å². The first-order chi connectivity index (χ1) is 36.0. The van der Waals surface area contributed by atoms with Gasteiger partial charge in [-0.3, -0.25) is 23.9 Å². The smallest absolute Gasteiger partial charge is 0.256 e. The largest absolute Gasteiger partial charge is 0.390 e. The van der Waals surface area contributed by atoms with Crippen molar-refractivity contribution in [3.05, 3.63) is 105 Å². The number of benzene rings is 2.